The lowest BCUT2D eigenvalue weighted by Crippen LogP contribution is -2.31. The van der Waals surface area contributed by atoms with E-state index in [1.54, 1.807) is 13.0 Å². The van der Waals surface area contributed by atoms with Gasteiger partial charge in [0, 0.05) is 16.6 Å². The topological polar surface area (TPSA) is 85.6 Å². The first-order valence-corrected chi connectivity index (χ1v) is 10.2. The smallest absolute Gasteiger partial charge is 0.422 e. The fourth-order valence-corrected chi connectivity index (χ4v) is 4.25. The lowest BCUT2D eigenvalue weighted by Gasteiger charge is -2.32. The highest BCUT2D eigenvalue weighted by atomic mass is 32.2. The third-order valence-corrected chi connectivity index (χ3v) is 5.75. The number of allylic oxidation sites excluding steroid dienone is 1. The Morgan fingerprint density at radius 3 is 2.47 bits per heavy atom. The molecule has 6 nitrogen and oxygen atoms in total. The zero-order chi connectivity index (χ0) is 22.1. The predicted molar refractivity (Wildman–Crippen MR) is 107 cm³/mol. The normalized spacial score (nSPS) is 16.1. The maximum Gasteiger partial charge on any atom is 0.534 e. The van der Waals surface area contributed by atoms with E-state index in [0.717, 1.165) is 11.6 Å². The number of hydrogen-bond acceptors (Lipinski definition) is 6. The highest BCUT2D eigenvalue weighted by Gasteiger charge is 2.48. The number of fused-ring (bicyclic) bond motifs is 5. The molecule has 158 valence electrons. The first kappa shape index (κ1) is 20.3. The Morgan fingerprint density at radius 2 is 1.80 bits per heavy atom. The molecule has 30 heavy (non-hydrogen) atoms. The van der Waals surface area contributed by atoms with Crippen molar-refractivity contribution >= 4 is 43.1 Å². The molecule has 10 heteroatoms. The third kappa shape index (κ3) is 3.11. The van der Waals surface area contributed by atoms with Crippen molar-refractivity contribution in [1.29, 1.82) is 0 Å². The van der Waals surface area contributed by atoms with Crippen molar-refractivity contribution in [1.82, 2.24) is 0 Å². The fraction of sp³-hybridized carbons (Fsp3) is 0.250. The number of hydrogen-bond donors (Lipinski definition) is 1. The predicted octanol–water partition coefficient (Wildman–Crippen LogP) is 4.78. The number of rotatable bonds is 2. The lowest BCUT2D eigenvalue weighted by molar-refractivity contribution is -0.0499. The summed E-state index contributed by atoms with van der Waals surface area (Å²) in [4.78, 5) is 12.8. The van der Waals surface area contributed by atoms with Crippen LogP contribution in [0.3, 0.4) is 0 Å². The van der Waals surface area contributed by atoms with E-state index in [0.29, 0.717) is 11.3 Å². The SMILES string of the molecule is CC1=CC(C)(C)Nc2ccc3c(c21)c(=O)oc1cccc(OS(=O)(=O)C(F)(F)F)c13. The molecule has 0 saturated heterocycles. The summed E-state index contributed by atoms with van der Waals surface area (Å²) in [5.74, 6) is -0.579. The minimum atomic E-state index is -5.91. The number of nitrogens with one attached hydrogen (secondary N) is 1. The first-order valence-electron chi connectivity index (χ1n) is 8.82. The fourth-order valence-electron chi connectivity index (χ4n) is 3.78. The quantitative estimate of drug-likeness (QED) is 0.268. The molecule has 1 aliphatic heterocycles. The van der Waals surface area contributed by atoms with Gasteiger partial charge >= 0.3 is 21.3 Å². The van der Waals surface area contributed by atoms with Crippen LogP contribution in [0.4, 0.5) is 18.9 Å². The van der Waals surface area contributed by atoms with Gasteiger partial charge in [-0.05, 0) is 44.5 Å². The monoisotopic (exact) mass is 439 g/mol. The second kappa shape index (κ2) is 6.24. The molecule has 0 fully saturated rings. The van der Waals surface area contributed by atoms with Crippen LogP contribution in [0, 0.1) is 0 Å². The van der Waals surface area contributed by atoms with Crippen LogP contribution in [0.5, 0.6) is 5.75 Å². The van der Waals surface area contributed by atoms with Gasteiger partial charge in [-0.15, -0.1) is 0 Å². The van der Waals surface area contributed by atoms with Gasteiger partial charge in [-0.25, -0.2) is 4.79 Å². The summed E-state index contributed by atoms with van der Waals surface area (Å²) in [6, 6.07) is 6.89. The van der Waals surface area contributed by atoms with Gasteiger partial charge in [-0.3, -0.25) is 0 Å². The maximum atomic E-state index is 12.8. The lowest BCUT2D eigenvalue weighted by atomic mass is 9.88. The number of benzene rings is 2. The average molecular weight is 439 g/mol. The van der Waals surface area contributed by atoms with E-state index in [1.807, 2.05) is 19.9 Å². The van der Waals surface area contributed by atoms with Crippen molar-refractivity contribution in [3.8, 4) is 5.75 Å². The molecule has 0 radical (unpaired) electrons. The number of anilines is 1. The Morgan fingerprint density at radius 1 is 1.10 bits per heavy atom. The van der Waals surface area contributed by atoms with Crippen LogP contribution in [-0.2, 0) is 10.1 Å². The highest BCUT2D eigenvalue weighted by molar-refractivity contribution is 7.88. The van der Waals surface area contributed by atoms with E-state index < -0.39 is 27.0 Å². The molecule has 2 aromatic carbocycles. The maximum absolute atomic E-state index is 12.8. The molecule has 1 aliphatic rings. The van der Waals surface area contributed by atoms with Gasteiger partial charge in [0.15, 0.2) is 5.75 Å². The summed E-state index contributed by atoms with van der Waals surface area (Å²) in [6.45, 7) is 5.70. The number of alkyl halides is 3. The summed E-state index contributed by atoms with van der Waals surface area (Å²) in [7, 11) is -5.91. The van der Waals surface area contributed by atoms with E-state index in [-0.39, 0.29) is 27.3 Å². The second-order valence-electron chi connectivity index (χ2n) is 7.59. The molecule has 0 aliphatic carbocycles. The molecular formula is C20H16F3NO5S. The van der Waals surface area contributed by atoms with Crippen LogP contribution in [0.1, 0.15) is 26.3 Å². The minimum absolute atomic E-state index is 0.0413. The third-order valence-electron chi connectivity index (χ3n) is 4.78. The van der Waals surface area contributed by atoms with Crippen molar-refractivity contribution in [3.05, 3.63) is 52.4 Å². The largest absolute Gasteiger partial charge is 0.534 e. The molecular weight excluding hydrogens is 423 g/mol. The van der Waals surface area contributed by atoms with Gasteiger partial charge in [0.1, 0.15) is 5.58 Å². The molecule has 0 atom stereocenters. The van der Waals surface area contributed by atoms with Gasteiger partial charge in [-0.1, -0.05) is 18.2 Å². The summed E-state index contributed by atoms with van der Waals surface area (Å²) in [6.07, 6.45) is 1.91. The Kier molecular flexibility index (Phi) is 4.22. The molecule has 4 rings (SSSR count). The average Bonchev–Trinajstić information content (AvgIpc) is 2.59. The summed E-state index contributed by atoms with van der Waals surface area (Å²) in [5.41, 5.74) is -4.80. The second-order valence-corrected chi connectivity index (χ2v) is 9.12. The molecule has 0 spiro atoms. The molecule has 0 bridgehead atoms. The van der Waals surface area contributed by atoms with Crippen molar-refractivity contribution in [2.24, 2.45) is 0 Å². The summed E-state index contributed by atoms with van der Waals surface area (Å²) >= 11 is 0. The molecule has 0 amide bonds. The van der Waals surface area contributed by atoms with E-state index in [4.69, 9.17) is 4.42 Å². The van der Waals surface area contributed by atoms with Gasteiger partial charge in [-0.2, -0.15) is 21.6 Å². The van der Waals surface area contributed by atoms with E-state index in [1.165, 1.54) is 18.2 Å². The Hall–Kier alpha value is -3.01. The molecule has 2 heterocycles. The van der Waals surface area contributed by atoms with E-state index in [2.05, 4.69) is 9.50 Å². The molecule has 1 aromatic heterocycles. The van der Waals surface area contributed by atoms with Crippen LogP contribution in [-0.4, -0.2) is 19.5 Å². The van der Waals surface area contributed by atoms with Crippen molar-refractivity contribution in [2.45, 2.75) is 31.8 Å². The number of halogens is 3. The first-order chi connectivity index (χ1) is 13.8. The molecule has 3 aromatic rings. The Labute approximate surface area is 169 Å². The van der Waals surface area contributed by atoms with Gasteiger partial charge < -0.3 is 13.9 Å². The molecule has 0 unspecified atom stereocenters. The van der Waals surface area contributed by atoms with Gasteiger partial charge in [0.2, 0.25) is 0 Å². The Bertz CT molecular complexity index is 1400. The Balaban J connectivity index is 2.08. The van der Waals surface area contributed by atoms with Crippen LogP contribution >= 0.6 is 0 Å². The standard InChI is InChI=1S/C20H16F3NO5S/c1-10-9-19(2,3)24-12-8-7-11-16-13(28-18(25)17(11)15(10)12)5-4-6-14(16)29-30(26,27)20(21,22)23/h4-9,24H,1-3H3. The van der Waals surface area contributed by atoms with Crippen LogP contribution < -0.4 is 15.1 Å². The van der Waals surface area contributed by atoms with E-state index >= 15 is 0 Å². The molecule has 1 N–H and O–H groups in total. The van der Waals surface area contributed by atoms with Crippen LogP contribution in [0.2, 0.25) is 0 Å². The zero-order valence-corrected chi connectivity index (χ0v) is 16.9. The summed E-state index contributed by atoms with van der Waals surface area (Å²) in [5, 5.41) is 3.58. The summed E-state index contributed by atoms with van der Waals surface area (Å²) < 4.78 is 71.4. The molecule has 0 saturated carbocycles. The van der Waals surface area contributed by atoms with Crippen molar-refractivity contribution in [2.75, 3.05) is 5.32 Å². The van der Waals surface area contributed by atoms with Gasteiger partial charge in [0.25, 0.3) is 0 Å². The van der Waals surface area contributed by atoms with Crippen molar-refractivity contribution in [3.63, 3.8) is 0 Å². The highest BCUT2D eigenvalue weighted by Crippen LogP contribution is 2.41. The van der Waals surface area contributed by atoms with Crippen molar-refractivity contribution < 1.29 is 30.2 Å². The zero-order valence-electron chi connectivity index (χ0n) is 16.0. The van der Waals surface area contributed by atoms with Crippen LogP contribution in [0.25, 0.3) is 27.3 Å². The van der Waals surface area contributed by atoms with Gasteiger partial charge in [0.05, 0.1) is 16.3 Å². The minimum Gasteiger partial charge on any atom is -0.422 e. The van der Waals surface area contributed by atoms with Crippen LogP contribution in [0.15, 0.2) is 45.6 Å². The van der Waals surface area contributed by atoms with E-state index in [9.17, 15) is 26.4 Å².